The number of aromatic amines is 1. The molecule has 16 heteroatoms. The number of hydrogen-bond acceptors (Lipinski definition) is 6. The number of aromatic nitrogens is 1. The molecule has 57 heavy (non-hydrogen) atoms. The number of nitrogens with one attached hydrogen (secondary N) is 6. The quantitative estimate of drug-likeness (QED) is 0.116. The van der Waals surface area contributed by atoms with Crippen LogP contribution in [0, 0.1) is 17.7 Å². The van der Waals surface area contributed by atoms with Crippen molar-refractivity contribution in [2.24, 2.45) is 11.8 Å². The maximum Gasteiger partial charge on any atom is 0.418 e. The van der Waals surface area contributed by atoms with Gasteiger partial charge in [0.25, 0.3) is 0 Å². The highest BCUT2D eigenvalue weighted by Gasteiger charge is 2.47. The van der Waals surface area contributed by atoms with Gasteiger partial charge >= 0.3 is 12.2 Å². The Morgan fingerprint density at radius 3 is 2.35 bits per heavy atom. The number of nitrogens with zero attached hydrogens (tertiary/aromatic N) is 1. The number of aryl methyl sites for hydroxylation is 1. The van der Waals surface area contributed by atoms with E-state index in [1.54, 1.807) is 19.1 Å². The number of amides is 5. The zero-order chi connectivity index (χ0) is 41.3. The summed E-state index contributed by atoms with van der Waals surface area (Å²) in [6.45, 7) is 11.5. The largest absolute Gasteiger partial charge is 0.418 e. The van der Waals surface area contributed by atoms with Crippen molar-refractivity contribution in [3.63, 3.8) is 0 Å². The van der Waals surface area contributed by atoms with E-state index >= 15 is 0 Å². The topological polar surface area (TPSA) is 157 Å². The molecule has 3 aromatic rings. The lowest BCUT2D eigenvalue weighted by atomic mass is 9.78. The van der Waals surface area contributed by atoms with Gasteiger partial charge in [0.2, 0.25) is 17.7 Å². The monoisotopic (exact) mass is 801 g/mol. The van der Waals surface area contributed by atoms with Crippen LogP contribution in [0.4, 0.5) is 22.4 Å². The molecule has 1 aromatic heterocycles. The van der Waals surface area contributed by atoms with Gasteiger partial charge in [0.05, 0.1) is 30.7 Å². The van der Waals surface area contributed by atoms with E-state index in [9.17, 15) is 36.7 Å². The highest BCUT2D eigenvalue weighted by Crippen LogP contribution is 2.40. The predicted octanol–water partition coefficient (Wildman–Crippen LogP) is 4.61. The first-order chi connectivity index (χ1) is 27.2. The van der Waals surface area contributed by atoms with Gasteiger partial charge in [-0.1, -0.05) is 70.9 Å². The second-order valence-electron chi connectivity index (χ2n) is 15.3. The molecule has 5 atom stereocenters. The van der Waals surface area contributed by atoms with E-state index in [4.69, 9.17) is 4.74 Å². The summed E-state index contributed by atoms with van der Waals surface area (Å²) in [5.41, 5.74) is -1.43. The van der Waals surface area contributed by atoms with Crippen molar-refractivity contribution in [2.45, 2.75) is 90.0 Å². The number of urea groups is 1. The van der Waals surface area contributed by atoms with Crippen molar-refractivity contribution < 1.29 is 41.5 Å². The number of alkyl halides is 3. The summed E-state index contributed by atoms with van der Waals surface area (Å²) in [7, 11) is 0. The number of H-pyrrole nitrogens is 1. The van der Waals surface area contributed by atoms with Crippen LogP contribution in [-0.4, -0.2) is 97.2 Å². The Hall–Kier alpha value is -4.70. The lowest BCUT2D eigenvalue weighted by Gasteiger charge is -2.40. The summed E-state index contributed by atoms with van der Waals surface area (Å²) in [5, 5.41) is 14.8. The number of halogens is 4. The van der Waals surface area contributed by atoms with Crippen LogP contribution in [0.5, 0.6) is 0 Å². The third-order valence-corrected chi connectivity index (χ3v) is 11.5. The number of para-hydroxylation sites is 1. The lowest BCUT2D eigenvalue weighted by molar-refractivity contribution is -0.137. The number of carbonyl (C=O) groups is 4. The molecule has 1 saturated heterocycles. The zero-order valence-corrected chi connectivity index (χ0v) is 33.0. The van der Waals surface area contributed by atoms with Crippen molar-refractivity contribution in [1.29, 1.82) is 0 Å². The molecule has 1 aliphatic heterocycles. The van der Waals surface area contributed by atoms with Crippen LogP contribution >= 0.6 is 0 Å². The van der Waals surface area contributed by atoms with Crippen molar-refractivity contribution in [2.75, 3.05) is 45.9 Å². The molecular weight excluding hydrogens is 746 g/mol. The lowest BCUT2D eigenvalue weighted by Crippen LogP contribution is -2.67. The Bertz CT molecular complexity index is 1880. The molecule has 1 fully saturated rings. The molecule has 2 aliphatic rings. The fourth-order valence-corrected chi connectivity index (χ4v) is 7.52. The Morgan fingerprint density at radius 1 is 0.947 bits per heavy atom. The van der Waals surface area contributed by atoms with Gasteiger partial charge in [-0.25, -0.2) is 9.18 Å². The van der Waals surface area contributed by atoms with Crippen LogP contribution in [0.3, 0.4) is 0 Å². The van der Waals surface area contributed by atoms with Gasteiger partial charge in [-0.15, -0.1) is 0 Å². The molecule has 0 spiro atoms. The van der Waals surface area contributed by atoms with E-state index in [-0.39, 0.29) is 54.6 Å². The molecule has 1 aliphatic carbocycles. The summed E-state index contributed by atoms with van der Waals surface area (Å²) in [4.78, 5) is 60.3. The highest BCUT2D eigenvalue weighted by molar-refractivity contribution is 5.97. The maximum atomic E-state index is 14.7. The molecule has 12 nitrogen and oxygen atoms in total. The van der Waals surface area contributed by atoms with Crippen molar-refractivity contribution in [3.05, 3.63) is 70.7 Å². The minimum atomic E-state index is -4.63. The first-order valence-corrected chi connectivity index (χ1v) is 19.8. The summed E-state index contributed by atoms with van der Waals surface area (Å²) in [6, 6.07) is 7.61. The van der Waals surface area contributed by atoms with E-state index in [2.05, 4.69) is 36.5 Å². The van der Waals surface area contributed by atoms with Gasteiger partial charge in [0.15, 0.2) is 0 Å². The van der Waals surface area contributed by atoms with E-state index < -0.39 is 64.9 Å². The molecule has 2 heterocycles. The first kappa shape index (κ1) is 43.4. The summed E-state index contributed by atoms with van der Waals surface area (Å²) in [5.74, 6) is -2.90. The minimum Gasteiger partial charge on any atom is -0.379 e. The SMILES string of the molecule is CCC(C)[C@H](NC(=O)Cc1ccccc1F)C(=O)N[C@]1(C(=O)N[C@H](CNC(=O)NCCN2CCOCC2)C(C)CC)CCc2[nH]c3c(C(F)(F)F)cccc3c2C1. The molecule has 6 N–H and O–H groups in total. The number of morpholine rings is 1. The Morgan fingerprint density at radius 2 is 1.67 bits per heavy atom. The molecule has 5 rings (SSSR count). The smallest absolute Gasteiger partial charge is 0.379 e. The van der Waals surface area contributed by atoms with Gasteiger partial charge in [-0.05, 0) is 47.9 Å². The fourth-order valence-electron chi connectivity index (χ4n) is 7.52. The van der Waals surface area contributed by atoms with Gasteiger partial charge in [-0.3, -0.25) is 19.3 Å². The maximum absolute atomic E-state index is 14.7. The van der Waals surface area contributed by atoms with Crippen molar-refractivity contribution in [3.8, 4) is 0 Å². The van der Waals surface area contributed by atoms with E-state index in [0.29, 0.717) is 50.4 Å². The standard InChI is InChI=1S/C41H55F4N7O5/c1-5-25(3)33(24-47-39(56)46-16-17-52-18-20-57-21-19-52)49-38(55)40(15-14-32-29(23-40)28-11-9-12-30(36(28)48-32)41(43,44)45)51-37(54)35(26(4)6-2)50-34(53)22-27-10-7-8-13-31(27)42/h7-13,25-26,33,35,48H,5-6,14-24H2,1-4H3,(H,49,55)(H,50,53)(H,51,54)(H2,46,47,56)/t25?,26?,33-,35+,40-/m1/s1. The average molecular weight is 802 g/mol. The van der Waals surface area contributed by atoms with Crippen molar-refractivity contribution in [1.82, 2.24) is 36.5 Å². The Kier molecular flexibility index (Phi) is 14.6. The Balaban J connectivity index is 1.40. The number of benzene rings is 2. The van der Waals surface area contributed by atoms with Crippen LogP contribution in [0.25, 0.3) is 10.9 Å². The van der Waals surface area contributed by atoms with E-state index in [0.717, 1.165) is 19.2 Å². The third-order valence-electron chi connectivity index (χ3n) is 11.5. The predicted molar refractivity (Wildman–Crippen MR) is 208 cm³/mol. The fraction of sp³-hybridized carbons (Fsp3) is 0.561. The molecule has 2 unspecified atom stereocenters. The van der Waals surface area contributed by atoms with Gasteiger partial charge < -0.3 is 36.3 Å². The normalized spacial score (nSPS) is 19.4. The number of rotatable bonds is 16. The molecule has 0 bridgehead atoms. The summed E-state index contributed by atoms with van der Waals surface area (Å²) in [6.07, 6.45) is -3.80. The van der Waals surface area contributed by atoms with Crippen molar-refractivity contribution >= 4 is 34.7 Å². The number of fused-ring (bicyclic) bond motifs is 3. The third kappa shape index (κ3) is 10.8. The van der Waals surface area contributed by atoms with E-state index in [1.165, 1.54) is 24.3 Å². The highest BCUT2D eigenvalue weighted by atomic mass is 19.4. The Labute approximate surface area is 330 Å². The van der Waals surface area contributed by atoms with Gasteiger partial charge in [-0.2, -0.15) is 13.2 Å². The van der Waals surface area contributed by atoms with Gasteiger partial charge in [0, 0.05) is 56.3 Å². The second-order valence-corrected chi connectivity index (χ2v) is 15.3. The number of carbonyl (C=O) groups excluding carboxylic acids is 4. The van der Waals surface area contributed by atoms with Crippen LogP contribution in [0.1, 0.15) is 69.3 Å². The number of hydrogen-bond donors (Lipinski definition) is 6. The van der Waals surface area contributed by atoms with Crippen LogP contribution in [0.15, 0.2) is 42.5 Å². The molecule has 0 saturated carbocycles. The van der Waals surface area contributed by atoms with Crippen LogP contribution in [0.2, 0.25) is 0 Å². The summed E-state index contributed by atoms with van der Waals surface area (Å²) >= 11 is 0. The molecular formula is C41H55F4N7O5. The molecule has 312 valence electrons. The first-order valence-electron chi connectivity index (χ1n) is 19.8. The van der Waals surface area contributed by atoms with Crippen LogP contribution < -0.4 is 26.6 Å². The number of ether oxygens (including phenoxy) is 1. The second kappa shape index (κ2) is 19.2. The zero-order valence-electron chi connectivity index (χ0n) is 33.0. The summed E-state index contributed by atoms with van der Waals surface area (Å²) < 4.78 is 62.1. The van der Waals surface area contributed by atoms with E-state index in [1.807, 2.05) is 20.8 Å². The molecule has 0 radical (unpaired) electrons. The minimum absolute atomic E-state index is 0.0326. The molecule has 2 aromatic carbocycles. The molecule has 5 amide bonds. The van der Waals surface area contributed by atoms with Gasteiger partial charge in [0.1, 0.15) is 17.4 Å². The average Bonchev–Trinajstić information content (AvgIpc) is 3.56. The van der Waals surface area contributed by atoms with Crippen LogP contribution in [-0.2, 0) is 44.6 Å².